The number of nitrogens with one attached hydrogen (secondary N) is 1. The van der Waals surface area contributed by atoms with Crippen molar-refractivity contribution >= 4 is 27.6 Å². The van der Waals surface area contributed by atoms with Gasteiger partial charge in [-0.25, -0.2) is 14.8 Å². The molecule has 0 saturated carbocycles. The van der Waals surface area contributed by atoms with Gasteiger partial charge in [-0.1, -0.05) is 17.7 Å². The summed E-state index contributed by atoms with van der Waals surface area (Å²) in [5.74, 6) is 0.592. The molecule has 0 radical (unpaired) electrons. The van der Waals surface area contributed by atoms with Crippen molar-refractivity contribution in [1.29, 1.82) is 0 Å². The van der Waals surface area contributed by atoms with Crippen LogP contribution in [0.2, 0.25) is 0 Å². The first-order valence-electron chi connectivity index (χ1n) is 6.75. The lowest BCUT2D eigenvalue weighted by Gasteiger charge is -2.18. The summed E-state index contributed by atoms with van der Waals surface area (Å²) in [6.07, 6.45) is 4.24. The van der Waals surface area contributed by atoms with Gasteiger partial charge >= 0.3 is 6.03 Å². The van der Waals surface area contributed by atoms with Crippen molar-refractivity contribution in [3.05, 3.63) is 52.0 Å². The number of aryl methyl sites for hydroxylation is 1. The number of carbonyl (C=O) groups is 1. The maximum Gasteiger partial charge on any atom is 0.322 e. The molecule has 1 N–H and O–H groups in total. The fourth-order valence-electron chi connectivity index (χ4n) is 2.42. The van der Waals surface area contributed by atoms with E-state index in [0.717, 1.165) is 16.6 Å². The Labute approximate surface area is 131 Å². The third-order valence-corrected chi connectivity index (χ3v) is 3.86. The normalized spacial score (nSPS) is 13.1. The van der Waals surface area contributed by atoms with Crippen LogP contribution < -0.4 is 10.2 Å². The third kappa shape index (κ3) is 3.05. The number of benzene rings is 1. The van der Waals surface area contributed by atoms with E-state index < -0.39 is 0 Å². The maximum atomic E-state index is 12.3. The summed E-state index contributed by atoms with van der Waals surface area (Å²) in [7, 11) is 0. The molecule has 0 spiro atoms. The molecular weight excluding hydrogens is 332 g/mol. The van der Waals surface area contributed by atoms with E-state index in [9.17, 15) is 4.79 Å². The number of aromatic nitrogens is 2. The standard InChI is InChI=1S/C15H15BrN4O/c1-10-2-3-13-11(6-10)4-5-20(13)15(21)19-9-14-17-7-12(16)8-18-14/h2-3,6-8H,4-5,9H2,1H3,(H,19,21). The molecule has 0 unspecified atom stereocenters. The number of fused-ring (bicyclic) bond motifs is 1. The minimum Gasteiger partial charge on any atom is -0.330 e. The molecule has 2 heterocycles. The number of nitrogens with zero attached hydrogens (tertiary/aromatic N) is 3. The Balaban J connectivity index is 1.66. The Hall–Kier alpha value is -1.95. The van der Waals surface area contributed by atoms with Crippen molar-refractivity contribution in [2.75, 3.05) is 11.4 Å². The Morgan fingerprint density at radius 1 is 1.38 bits per heavy atom. The molecule has 1 aliphatic heterocycles. The van der Waals surface area contributed by atoms with E-state index in [1.807, 2.05) is 12.1 Å². The lowest BCUT2D eigenvalue weighted by atomic mass is 10.1. The van der Waals surface area contributed by atoms with Crippen molar-refractivity contribution < 1.29 is 4.79 Å². The first kappa shape index (κ1) is 14.0. The monoisotopic (exact) mass is 346 g/mol. The number of halogens is 1. The molecular formula is C15H15BrN4O. The molecule has 1 aromatic heterocycles. The van der Waals surface area contributed by atoms with Crippen LogP contribution in [0.3, 0.4) is 0 Å². The van der Waals surface area contributed by atoms with E-state index in [2.05, 4.69) is 44.2 Å². The summed E-state index contributed by atoms with van der Waals surface area (Å²) in [4.78, 5) is 22.3. The average Bonchev–Trinajstić information content (AvgIpc) is 2.89. The quantitative estimate of drug-likeness (QED) is 0.909. The molecule has 0 saturated heterocycles. The molecule has 0 bridgehead atoms. The van der Waals surface area contributed by atoms with Gasteiger partial charge in [0.1, 0.15) is 5.82 Å². The van der Waals surface area contributed by atoms with Crippen LogP contribution in [-0.4, -0.2) is 22.5 Å². The minimum atomic E-state index is -0.107. The lowest BCUT2D eigenvalue weighted by molar-refractivity contribution is 0.246. The highest BCUT2D eigenvalue weighted by atomic mass is 79.9. The molecule has 21 heavy (non-hydrogen) atoms. The molecule has 2 amide bonds. The molecule has 3 rings (SSSR count). The smallest absolute Gasteiger partial charge is 0.322 e. The molecule has 0 fully saturated rings. The van der Waals surface area contributed by atoms with E-state index in [1.165, 1.54) is 11.1 Å². The predicted molar refractivity (Wildman–Crippen MR) is 84.2 cm³/mol. The van der Waals surface area contributed by atoms with Gasteiger partial charge in [0.25, 0.3) is 0 Å². The number of hydrogen-bond donors (Lipinski definition) is 1. The summed E-state index contributed by atoms with van der Waals surface area (Å²) in [6, 6.07) is 6.07. The molecule has 2 aromatic rings. The predicted octanol–water partition coefficient (Wildman–Crippen LogP) is 2.82. The van der Waals surface area contributed by atoms with Crippen LogP contribution in [0, 0.1) is 6.92 Å². The third-order valence-electron chi connectivity index (χ3n) is 3.45. The number of urea groups is 1. The van der Waals surface area contributed by atoms with Gasteiger partial charge in [-0.2, -0.15) is 0 Å². The number of rotatable bonds is 2. The highest BCUT2D eigenvalue weighted by Crippen LogP contribution is 2.28. The topological polar surface area (TPSA) is 58.1 Å². The SMILES string of the molecule is Cc1ccc2c(c1)CCN2C(=O)NCc1ncc(Br)cn1. The second kappa shape index (κ2) is 5.81. The Kier molecular flexibility index (Phi) is 3.88. The zero-order valence-electron chi connectivity index (χ0n) is 11.6. The Morgan fingerprint density at radius 3 is 2.90 bits per heavy atom. The van der Waals surface area contributed by atoms with Gasteiger partial charge in [0.15, 0.2) is 0 Å². The molecule has 0 atom stereocenters. The van der Waals surface area contributed by atoms with E-state index in [-0.39, 0.29) is 6.03 Å². The van der Waals surface area contributed by atoms with Crippen molar-refractivity contribution in [3.63, 3.8) is 0 Å². The average molecular weight is 347 g/mol. The molecule has 108 valence electrons. The van der Waals surface area contributed by atoms with E-state index in [1.54, 1.807) is 17.3 Å². The molecule has 1 aliphatic rings. The molecule has 5 nitrogen and oxygen atoms in total. The largest absolute Gasteiger partial charge is 0.330 e. The summed E-state index contributed by atoms with van der Waals surface area (Å²) in [5.41, 5.74) is 3.44. The second-order valence-electron chi connectivity index (χ2n) is 5.01. The Bertz CT molecular complexity index is 672. The highest BCUT2D eigenvalue weighted by molar-refractivity contribution is 9.10. The lowest BCUT2D eigenvalue weighted by Crippen LogP contribution is -2.38. The van der Waals surface area contributed by atoms with Gasteiger partial charge in [-0.3, -0.25) is 4.90 Å². The van der Waals surface area contributed by atoms with Crippen LogP contribution in [0.5, 0.6) is 0 Å². The molecule has 0 aliphatic carbocycles. The van der Waals surface area contributed by atoms with Gasteiger partial charge in [0, 0.05) is 24.6 Å². The molecule has 6 heteroatoms. The summed E-state index contributed by atoms with van der Waals surface area (Å²) >= 11 is 3.28. The van der Waals surface area contributed by atoms with Gasteiger partial charge in [-0.15, -0.1) is 0 Å². The Morgan fingerprint density at radius 2 is 2.14 bits per heavy atom. The fourth-order valence-corrected chi connectivity index (χ4v) is 2.63. The van der Waals surface area contributed by atoms with Crippen LogP contribution in [0.15, 0.2) is 35.1 Å². The summed E-state index contributed by atoms with van der Waals surface area (Å²) < 4.78 is 0.821. The van der Waals surface area contributed by atoms with Crippen LogP contribution >= 0.6 is 15.9 Å². The van der Waals surface area contributed by atoms with E-state index in [0.29, 0.717) is 18.9 Å². The first-order valence-corrected chi connectivity index (χ1v) is 7.54. The van der Waals surface area contributed by atoms with Gasteiger partial charge in [0.05, 0.1) is 11.0 Å². The van der Waals surface area contributed by atoms with Crippen LogP contribution in [0.25, 0.3) is 0 Å². The van der Waals surface area contributed by atoms with Crippen molar-refractivity contribution in [2.45, 2.75) is 19.9 Å². The highest BCUT2D eigenvalue weighted by Gasteiger charge is 2.24. The van der Waals surface area contributed by atoms with Crippen LogP contribution in [0.1, 0.15) is 17.0 Å². The zero-order valence-corrected chi connectivity index (χ0v) is 13.2. The summed E-state index contributed by atoms with van der Waals surface area (Å²) in [6.45, 7) is 3.10. The van der Waals surface area contributed by atoms with Gasteiger partial charge < -0.3 is 5.32 Å². The number of anilines is 1. The van der Waals surface area contributed by atoms with Gasteiger partial charge in [-0.05, 0) is 40.9 Å². The van der Waals surface area contributed by atoms with Crippen LogP contribution in [-0.2, 0) is 13.0 Å². The molecule has 1 aromatic carbocycles. The number of hydrogen-bond acceptors (Lipinski definition) is 3. The van der Waals surface area contributed by atoms with Crippen LogP contribution in [0.4, 0.5) is 10.5 Å². The first-order chi connectivity index (χ1) is 10.1. The maximum absolute atomic E-state index is 12.3. The zero-order chi connectivity index (χ0) is 14.8. The van der Waals surface area contributed by atoms with Gasteiger partial charge in [0.2, 0.25) is 0 Å². The summed E-state index contributed by atoms with van der Waals surface area (Å²) in [5, 5.41) is 2.86. The van der Waals surface area contributed by atoms with Crippen molar-refractivity contribution in [3.8, 4) is 0 Å². The van der Waals surface area contributed by atoms with E-state index in [4.69, 9.17) is 0 Å². The van der Waals surface area contributed by atoms with Crippen molar-refractivity contribution in [1.82, 2.24) is 15.3 Å². The fraction of sp³-hybridized carbons (Fsp3) is 0.267. The minimum absolute atomic E-state index is 0.107. The van der Waals surface area contributed by atoms with E-state index >= 15 is 0 Å². The number of amides is 2. The number of carbonyl (C=O) groups excluding carboxylic acids is 1. The van der Waals surface area contributed by atoms with Crippen molar-refractivity contribution in [2.24, 2.45) is 0 Å². The second-order valence-corrected chi connectivity index (χ2v) is 5.93.